The predicted octanol–water partition coefficient (Wildman–Crippen LogP) is 1.56. The van der Waals surface area contributed by atoms with Crippen LogP contribution in [0.4, 0.5) is 5.69 Å². The summed E-state index contributed by atoms with van der Waals surface area (Å²) in [4.78, 5) is 35.7. The summed E-state index contributed by atoms with van der Waals surface area (Å²) < 4.78 is 1.15. The van der Waals surface area contributed by atoms with E-state index in [1.807, 2.05) is 30.3 Å². The van der Waals surface area contributed by atoms with Crippen molar-refractivity contribution in [2.75, 3.05) is 5.32 Å². The number of carboxylic acid groups (broad SMARTS) is 1. The summed E-state index contributed by atoms with van der Waals surface area (Å²) in [5.74, 6) is -2.13. The first-order chi connectivity index (χ1) is 12.9. The van der Waals surface area contributed by atoms with Crippen LogP contribution >= 0.6 is 11.6 Å². The average Bonchev–Trinajstić information content (AvgIpc) is 2.64. The van der Waals surface area contributed by atoms with Crippen LogP contribution < -0.4 is 16.0 Å². The van der Waals surface area contributed by atoms with Crippen molar-refractivity contribution < 1.29 is 14.7 Å². The number of carbonyl (C=O) groups excluding carboxylic acids is 2. The van der Waals surface area contributed by atoms with Gasteiger partial charge in [0.05, 0.1) is 18.2 Å². The fourth-order valence-corrected chi connectivity index (χ4v) is 2.60. The third-order valence-corrected chi connectivity index (χ3v) is 3.96. The van der Waals surface area contributed by atoms with Gasteiger partial charge < -0.3 is 15.2 Å². The average molecular weight is 383 g/mol. The van der Waals surface area contributed by atoms with Crippen LogP contribution in [0.15, 0.2) is 65.5 Å². The Hall–Kier alpha value is -3.45. The Labute approximate surface area is 158 Å². The number of aromatic carboxylic acids is 1. The van der Waals surface area contributed by atoms with E-state index in [0.29, 0.717) is 0 Å². The standard InChI is InChI=1S/C19H14ClN3O4/c20-13-6-7-14(19(26)27)16(10-13)21-18(25)15-8-9-17(24)23(22-15)11-12-4-2-1-3-5-12/h1-10H,11H2,(H,21,25)(H,26,27)/p-1. The number of hydrogen-bond acceptors (Lipinski definition) is 5. The lowest BCUT2D eigenvalue weighted by Gasteiger charge is -2.12. The van der Waals surface area contributed by atoms with Crippen molar-refractivity contribution >= 4 is 29.2 Å². The normalized spacial score (nSPS) is 10.4. The van der Waals surface area contributed by atoms with Crippen LogP contribution in [-0.4, -0.2) is 21.7 Å². The first kappa shape index (κ1) is 18.3. The zero-order valence-corrected chi connectivity index (χ0v) is 14.6. The number of anilines is 1. The van der Waals surface area contributed by atoms with Crippen molar-refractivity contribution in [2.24, 2.45) is 0 Å². The molecule has 0 atom stereocenters. The van der Waals surface area contributed by atoms with E-state index in [1.165, 1.54) is 30.3 Å². The van der Waals surface area contributed by atoms with Crippen molar-refractivity contribution in [1.29, 1.82) is 0 Å². The number of rotatable bonds is 5. The summed E-state index contributed by atoms with van der Waals surface area (Å²) in [5.41, 5.74) is 0.197. The van der Waals surface area contributed by atoms with Gasteiger partial charge in [-0.3, -0.25) is 9.59 Å². The molecule has 0 aliphatic rings. The summed E-state index contributed by atoms with van der Waals surface area (Å²) in [5, 5.41) is 17.9. The lowest BCUT2D eigenvalue weighted by Crippen LogP contribution is -2.28. The van der Waals surface area contributed by atoms with E-state index in [2.05, 4.69) is 10.4 Å². The molecule has 1 amide bonds. The summed E-state index contributed by atoms with van der Waals surface area (Å²) in [6, 6.07) is 15.6. The summed E-state index contributed by atoms with van der Waals surface area (Å²) >= 11 is 5.86. The van der Waals surface area contributed by atoms with Crippen LogP contribution in [-0.2, 0) is 6.54 Å². The smallest absolute Gasteiger partial charge is 0.276 e. The molecule has 0 bridgehead atoms. The Bertz CT molecular complexity index is 1060. The van der Waals surface area contributed by atoms with Crippen LogP contribution in [0.5, 0.6) is 0 Å². The van der Waals surface area contributed by atoms with Gasteiger partial charge in [0.25, 0.3) is 11.5 Å². The number of aromatic nitrogens is 2. The highest BCUT2D eigenvalue weighted by atomic mass is 35.5. The number of nitrogens with one attached hydrogen (secondary N) is 1. The second kappa shape index (κ2) is 7.84. The van der Waals surface area contributed by atoms with Gasteiger partial charge in [-0.05, 0) is 29.8 Å². The summed E-state index contributed by atoms with van der Waals surface area (Å²) in [6.45, 7) is 0.197. The van der Waals surface area contributed by atoms with Crippen molar-refractivity contribution in [3.63, 3.8) is 0 Å². The maximum atomic E-state index is 12.5. The molecule has 1 aromatic heterocycles. The second-order valence-corrected chi connectivity index (χ2v) is 6.07. The first-order valence-corrected chi connectivity index (χ1v) is 8.26. The highest BCUT2D eigenvalue weighted by Crippen LogP contribution is 2.21. The van der Waals surface area contributed by atoms with Gasteiger partial charge in [0.15, 0.2) is 0 Å². The maximum absolute atomic E-state index is 12.5. The molecule has 0 saturated carbocycles. The maximum Gasteiger partial charge on any atom is 0.276 e. The molecule has 0 unspecified atom stereocenters. The third-order valence-electron chi connectivity index (χ3n) is 3.72. The quantitative estimate of drug-likeness (QED) is 0.721. The molecule has 0 saturated heterocycles. The molecule has 3 rings (SSSR count). The Morgan fingerprint density at radius 3 is 2.52 bits per heavy atom. The Kier molecular flexibility index (Phi) is 5.33. The molecule has 1 heterocycles. The highest BCUT2D eigenvalue weighted by molar-refractivity contribution is 6.31. The largest absolute Gasteiger partial charge is 0.545 e. The SMILES string of the molecule is O=C(Nc1cc(Cl)ccc1C(=O)[O-])c1ccc(=O)n(Cc2ccccc2)n1. The molecule has 0 aliphatic carbocycles. The van der Waals surface area contributed by atoms with Crippen molar-refractivity contribution in [2.45, 2.75) is 6.54 Å². The van der Waals surface area contributed by atoms with Gasteiger partial charge in [-0.15, -0.1) is 0 Å². The van der Waals surface area contributed by atoms with Crippen LogP contribution in [0.3, 0.4) is 0 Å². The number of carboxylic acids is 1. The minimum Gasteiger partial charge on any atom is -0.545 e. The molecule has 8 heteroatoms. The zero-order chi connectivity index (χ0) is 19.4. The number of nitrogens with zero attached hydrogens (tertiary/aromatic N) is 2. The van der Waals surface area contributed by atoms with Crippen molar-refractivity contribution in [1.82, 2.24) is 9.78 Å². The number of halogens is 1. The van der Waals surface area contributed by atoms with E-state index >= 15 is 0 Å². The van der Waals surface area contributed by atoms with Crippen LogP contribution in [0, 0.1) is 0 Å². The van der Waals surface area contributed by atoms with Crippen LogP contribution in [0.1, 0.15) is 26.4 Å². The lowest BCUT2D eigenvalue weighted by molar-refractivity contribution is -0.254. The van der Waals surface area contributed by atoms with Crippen LogP contribution in [0.2, 0.25) is 5.02 Å². The first-order valence-electron chi connectivity index (χ1n) is 7.88. The Morgan fingerprint density at radius 1 is 1.07 bits per heavy atom. The molecule has 2 aromatic carbocycles. The van der Waals surface area contributed by atoms with E-state index < -0.39 is 11.9 Å². The van der Waals surface area contributed by atoms with E-state index in [4.69, 9.17) is 11.6 Å². The van der Waals surface area contributed by atoms with Gasteiger partial charge in [-0.1, -0.05) is 41.9 Å². The number of benzene rings is 2. The molecular weight excluding hydrogens is 370 g/mol. The van der Waals surface area contributed by atoms with E-state index in [0.717, 1.165) is 10.2 Å². The third kappa shape index (κ3) is 4.39. The predicted molar refractivity (Wildman–Crippen MR) is 97.8 cm³/mol. The zero-order valence-electron chi connectivity index (χ0n) is 13.9. The Morgan fingerprint density at radius 2 is 1.81 bits per heavy atom. The van der Waals surface area contributed by atoms with Gasteiger partial charge in [0.2, 0.25) is 0 Å². The van der Waals surface area contributed by atoms with Gasteiger partial charge >= 0.3 is 0 Å². The van der Waals surface area contributed by atoms with Gasteiger partial charge in [-0.25, -0.2) is 4.68 Å². The van der Waals surface area contributed by atoms with Gasteiger partial charge in [-0.2, -0.15) is 5.10 Å². The Balaban J connectivity index is 1.88. The molecule has 3 aromatic rings. The number of hydrogen-bond donors (Lipinski definition) is 1. The van der Waals surface area contributed by atoms with E-state index in [9.17, 15) is 19.5 Å². The van der Waals surface area contributed by atoms with E-state index in [-0.39, 0.29) is 34.1 Å². The topological polar surface area (TPSA) is 104 Å². The molecule has 7 nitrogen and oxygen atoms in total. The monoisotopic (exact) mass is 382 g/mol. The molecule has 1 N–H and O–H groups in total. The minimum absolute atomic E-state index is 0.0184. The summed E-state index contributed by atoms with van der Waals surface area (Å²) in [7, 11) is 0. The molecule has 0 fully saturated rings. The van der Waals surface area contributed by atoms with Crippen molar-refractivity contribution in [3.05, 3.63) is 92.9 Å². The van der Waals surface area contributed by atoms with Crippen molar-refractivity contribution in [3.8, 4) is 0 Å². The van der Waals surface area contributed by atoms with Gasteiger partial charge in [0, 0.05) is 16.7 Å². The highest BCUT2D eigenvalue weighted by Gasteiger charge is 2.13. The van der Waals surface area contributed by atoms with E-state index in [1.54, 1.807) is 0 Å². The molecule has 136 valence electrons. The molecule has 0 spiro atoms. The number of carbonyl (C=O) groups is 2. The summed E-state index contributed by atoms with van der Waals surface area (Å²) in [6.07, 6.45) is 0. The molecule has 27 heavy (non-hydrogen) atoms. The minimum atomic E-state index is -1.45. The molecule has 0 aliphatic heterocycles. The molecule has 0 radical (unpaired) electrons. The van der Waals surface area contributed by atoms with Crippen LogP contribution in [0.25, 0.3) is 0 Å². The fourth-order valence-electron chi connectivity index (χ4n) is 2.42. The second-order valence-electron chi connectivity index (χ2n) is 5.63. The number of amides is 1. The molecular formula is C19H13ClN3O4-. The lowest BCUT2D eigenvalue weighted by atomic mass is 10.1. The van der Waals surface area contributed by atoms with Gasteiger partial charge in [0.1, 0.15) is 5.69 Å². The fraction of sp³-hybridized carbons (Fsp3) is 0.0526.